The summed E-state index contributed by atoms with van der Waals surface area (Å²) in [5.74, 6) is -0.0524. The number of rotatable bonds is 4. The van der Waals surface area contributed by atoms with Gasteiger partial charge in [-0.3, -0.25) is 4.79 Å². The second-order valence-electron chi connectivity index (χ2n) is 4.21. The van der Waals surface area contributed by atoms with E-state index in [2.05, 4.69) is 21.2 Å². The van der Waals surface area contributed by atoms with E-state index in [0.29, 0.717) is 6.42 Å². The molecule has 0 aliphatic heterocycles. The Balaban J connectivity index is 4.20. The van der Waals surface area contributed by atoms with Crippen molar-refractivity contribution in [2.75, 3.05) is 5.33 Å². The van der Waals surface area contributed by atoms with E-state index in [4.69, 9.17) is 4.74 Å². The summed E-state index contributed by atoms with van der Waals surface area (Å²) >= 11 is 3.07. The van der Waals surface area contributed by atoms with Crippen molar-refractivity contribution in [1.29, 1.82) is 0 Å². The van der Waals surface area contributed by atoms with Crippen LogP contribution in [0.25, 0.3) is 0 Å². The highest BCUT2D eigenvalue weighted by Gasteiger charge is 2.21. The van der Waals surface area contributed by atoms with Crippen molar-refractivity contribution in [1.82, 2.24) is 5.32 Å². The number of hydrogen-bond acceptors (Lipinski definition) is 3. The van der Waals surface area contributed by atoms with E-state index in [9.17, 15) is 9.59 Å². The van der Waals surface area contributed by atoms with Gasteiger partial charge in [-0.2, -0.15) is 0 Å². The highest BCUT2D eigenvalue weighted by molar-refractivity contribution is 9.09. The first-order valence-corrected chi connectivity index (χ1v) is 6.00. The first-order chi connectivity index (χ1) is 6.80. The van der Waals surface area contributed by atoms with E-state index in [1.54, 1.807) is 20.8 Å². The lowest BCUT2D eigenvalue weighted by molar-refractivity contribution is -0.118. The SMILES string of the molecule is CC[C@@H](NC(=O)OC(C)(C)C)C(=O)CBr. The maximum Gasteiger partial charge on any atom is 0.408 e. The van der Waals surface area contributed by atoms with Crippen molar-refractivity contribution >= 4 is 27.8 Å². The monoisotopic (exact) mass is 279 g/mol. The van der Waals surface area contributed by atoms with Crippen LogP contribution in [0.4, 0.5) is 4.79 Å². The van der Waals surface area contributed by atoms with Crippen LogP contribution in [-0.4, -0.2) is 28.8 Å². The normalized spacial score (nSPS) is 13.1. The number of carbonyl (C=O) groups excluding carboxylic acids is 2. The predicted octanol–water partition coefficient (Wildman–Crippen LogP) is 2.25. The van der Waals surface area contributed by atoms with Crippen LogP contribution >= 0.6 is 15.9 Å². The molecule has 15 heavy (non-hydrogen) atoms. The van der Waals surface area contributed by atoms with Gasteiger partial charge in [0, 0.05) is 0 Å². The second kappa shape index (κ2) is 6.10. The molecule has 4 nitrogen and oxygen atoms in total. The van der Waals surface area contributed by atoms with Crippen LogP contribution in [0.2, 0.25) is 0 Å². The third-order valence-electron chi connectivity index (χ3n) is 1.62. The molecule has 5 heteroatoms. The molecule has 0 radical (unpaired) electrons. The Kier molecular flexibility index (Phi) is 5.87. The number of nitrogens with one attached hydrogen (secondary N) is 1. The lowest BCUT2D eigenvalue weighted by atomic mass is 10.1. The van der Waals surface area contributed by atoms with Crippen LogP contribution in [0.1, 0.15) is 34.1 Å². The average Bonchev–Trinajstić information content (AvgIpc) is 2.10. The smallest absolute Gasteiger partial charge is 0.408 e. The maximum absolute atomic E-state index is 11.3. The highest BCUT2D eigenvalue weighted by atomic mass is 79.9. The molecule has 0 spiro atoms. The van der Waals surface area contributed by atoms with Gasteiger partial charge in [0.2, 0.25) is 0 Å². The Labute approximate surface area is 98.9 Å². The van der Waals surface area contributed by atoms with E-state index >= 15 is 0 Å². The van der Waals surface area contributed by atoms with Gasteiger partial charge < -0.3 is 10.1 Å². The molecule has 0 heterocycles. The molecule has 0 unspecified atom stereocenters. The third-order valence-corrected chi connectivity index (χ3v) is 2.17. The molecule has 0 rings (SSSR count). The summed E-state index contributed by atoms with van der Waals surface area (Å²) in [4.78, 5) is 22.7. The zero-order chi connectivity index (χ0) is 12.1. The molecule has 0 aromatic rings. The Morgan fingerprint density at radius 3 is 2.27 bits per heavy atom. The van der Waals surface area contributed by atoms with Crippen LogP contribution in [0, 0.1) is 0 Å². The molecule has 0 saturated carbocycles. The minimum Gasteiger partial charge on any atom is -0.444 e. The van der Waals surface area contributed by atoms with Crippen LogP contribution in [0.5, 0.6) is 0 Å². The van der Waals surface area contributed by atoms with Gasteiger partial charge in [-0.1, -0.05) is 22.9 Å². The fraction of sp³-hybridized carbons (Fsp3) is 0.800. The van der Waals surface area contributed by atoms with Gasteiger partial charge in [0.05, 0.1) is 11.4 Å². The summed E-state index contributed by atoms with van der Waals surface area (Å²) in [6.07, 6.45) is 0.00703. The Morgan fingerprint density at radius 1 is 1.40 bits per heavy atom. The quantitative estimate of drug-likeness (QED) is 0.803. The molecule has 0 fully saturated rings. The van der Waals surface area contributed by atoms with Crippen molar-refractivity contribution in [2.24, 2.45) is 0 Å². The van der Waals surface area contributed by atoms with E-state index in [-0.39, 0.29) is 11.1 Å². The summed E-state index contributed by atoms with van der Waals surface area (Å²) in [6.45, 7) is 7.17. The molecule has 0 aromatic heterocycles. The summed E-state index contributed by atoms with van der Waals surface area (Å²) in [5.41, 5.74) is -0.542. The average molecular weight is 280 g/mol. The fourth-order valence-electron chi connectivity index (χ4n) is 0.953. The number of Topliss-reactive ketones (excluding diaryl/α,β-unsaturated/α-hetero) is 1. The molecular weight excluding hydrogens is 262 g/mol. The van der Waals surface area contributed by atoms with Gasteiger partial charge >= 0.3 is 6.09 Å². The molecule has 0 aromatic carbocycles. The molecule has 0 saturated heterocycles. The Morgan fingerprint density at radius 2 is 1.93 bits per heavy atom. The predicted molar refractivity (Wildman–Crippen MR) is 62.2 cm³/mol. The van der Waals surface area contributed by atoms with Gasteiger partial charge in [-0.15, -0.1) is 0 Å². The number of hydrogen-bond donors (Lipinski definition) is 1. The Bertz CT molecular complexity index is 235. The minimum atomic E-state index is -0.552. The number of carbonyl (C=O) groups is 2. The molecule has 0 aliphatic rings. The fourth-order valence-corrected chi connectivity index (χ4v) is 1.34. The topological polar surface area (TPSA) is 55.4 Å². The number of halogens is 1. The zero-order valence-electron chi connectivity index (χ0n) is 9.59. The molecule has 1 N–H and O–H groups in total. The van der Waals surface area contributed by atoms with Crippen molar-refractivity contribution in [2.45, 2.75) is 45.8 Å². The molecule has 0 aliphatic carbocycles. The zero-order valence-corrected chi connectivity index (χ0v) is 11.2. The largest absolute Gasteiger partial charge is 0.444 e. The van der Waals surface area contributed by atoms with Gasteiger partial charge in [0.1, 0.15) is 5.60 Å². The van der Waals surface area contributed by atoms with Gasteiger partial charge in [0.15, 0.2) is 5.78 Å². The van der Waals surface area contributed by atoms with Crippen molar-refractivity contribution < 1.29 is 14.3 Å². The minimum absolute atomic E-state index is 0.0524. The van der Waals surface area contributed by atoms with Crippen LogP contribution in [0.15, 0.2) is 0 Å². The van der Waals surface area contributed by atoms with E-state index in [1.165, 1.54) is 0 Å². The molecule has 1 amide bonds. The van der Waals surface area contributed by atoms with E-state index < -0.39 is 17.7 Å². The maximum atomic E-state index is 11.3. The lowest BCUT2D eigenvalue weighted by Gasteiger charge is -2.22. The number of ether oxygens (including phenoxy) is 1. The summed E-state index contributed by atoms with van der Waals surface area (Å²) < 4.78 is 5.05. The van der Waals surface area contributed by atoms with Crippen molar-refractivity contribution in [3.63, 3.8) is 0 Å². The third kappa shape index (κ3) is 6.49. The van der Waals surface area contributed by atoms with E-state index in [1.807, 2.05) is 6.92 Å². The molecule has 0 bridgehead atoms. The summed E-state index contributed by atoms with van der Waals surface area (Å²) in [7, 11) is 0. The van der Waals surface area contributed by atoms with Crippen molar-refractivity contribution in [3.05, 3.63) is 0 Å². The number of alkyl halides is 1. The first kappa shape index (κ1) is 14.4. The Hall–Kier alpha value is -0.580. The van der Waals surface area contributed by atoms with Gasteiger partial charge in [-0.25, -0.2) is 4.79 Å². The standard InChI is InChI=1S/C10H18BrNO3/c1-5-7(8(13)6-11)12-9(14)15-10(2,3)4/h7H,5-6H2,1-4H3,(H,12,14)/t7-/m1/s1. The van der Waals surface area contributed by atoms with Crippen molar-refractivity contribution in [3.8, 4) is 0 Å². The van der Waals surface area contributed by atoms with Gasteiger partial charge in [0.25, 0.3) is 0 Å². The number of ketones is 1. The molecular formula is C10H18BrNO3. The number of amides is 1. The number of alkyl carbamates (subject to hydrolysis) is 1. The molecule has 1 atom stereocenters. The van der Waals surface area contributed by atoms with E-state index in [0.717, 1.165) is 0 Å². The van der Waals surface area contributed by atoms with Crippen LogP contribution in [-0.2, 0) is 9.53 Å². The summed E-state index contributed by atoms with van der Waals surface area (Å²) in [5, 5.41) is 2.77. The highest BCUT2D eigenvalue weighted by Crippen LogP contribution is 2.07. The van der Waals surface area contributed by atoms with Crippen LogP contribution < -0.4 is 5.32 Å². The van der Waals surface area contributed by atoms with Crippen LogP contribution in [0.3, 0.4) is 0 Å². The van der Waals surface area contributed by atoms with Gasteiger partial charge in [-0.05, 0) is 27.2 Å². The first-order valence-electron chi connectivity index (χ1n) is 4.88. The lowest BCUT2D eigenvalue weighted by Crippen LogP contribution is -2.43. The summed E-state index contributed by atoms with van der Waals surface area (Å²) in [6, 6.07) is -0.473. The second-order valence-corrected chi connectivity index (χ2v) is 4.77. The molecule has 88 valence electrons.